The molecular formula is C29H36BN3O7S. The van der Waals surface area contributed by atoms with Crippen molar-refractivity contribution in [2.24, 2.45) is 5.92 Å². The Bertz CT molecular complexity index is 1240. The Hall–Kier alpha value is -3.22. The Morgan fingerprint density at radius 2 is 1.68 bits per heavy atom. The molecule has 41 heavy (non-hydrogen) atoms. The van der Waals surface area contributed by atoms with E-state index in [0.29, 0.717) is 23.6 Å². The minimum Gasteiger partial charge on any atom is -0.498 e. The van der Waals surface area contributed by atoms with Gasteiger partial charge in [-0.2, -0.15) is 11.8 Å². The Labute approximate surface area is 244 Å². The number of hydrogen-bond acceptors (Lipinski definition) is 10. The highest BCUT2D eigenvalue weighted by atomic mass is 32.2. The molecule has 2 aliphatic rings. The first-order valence-corrected chi connectivity index (χ1v) is 15.0. The number of aliphatic hydroxyl groups excluding tert-OH is 1. The monoisotopic (exact) mass is 581 g/mol. The molecule has 1 aromatic heterocycles. The van der Waals surface area contributed by atoms with Gasteiger partial charge in [0.25, 0.3) is 5.91 Å². The molecule has 2 bridgehead atoms. The van der Waals surface area contributed by atoms with Crippen LogP contribution in [0.1, 0.15) is 44.1 Å². The van der Waals surface area contributed by atoms with Crippen LogP contribution in [0.25, 0.3) is 11.3 Å². The molecule has 0 saturated carbocycles. The van der Waals surface area contributed by atoms with Crippen molar-refractivity contribution in [1.82, 2.24) is 15.2 Å². The van der Waals surface area contributed by atoms with E-state index in [1.54, 1.807) is 24.1 Å². The number of rotatable bonds is 10. The van der Waals surface area contributed by atoms with Gasteiger partial charge < -0.3 is 19.7 Å². The molecule has 10 nitrogen and oxygen atoms in total. The third-order valence-electron chi connectivity index (χ3n) is 7.33. The second-order valence-electron chi connectivity index (χ2n) is 11.0. The smallest absolute Gasteiger partial charge is 0.498 e. The Morgan fingerprint density at radius 1 is 1.05 bits per heavy atom. The van der Waals surface area contributed by atoms with Crippen LogP contribution in [-0.4, -0.2) is 88.5 Å². The van der Waals surface area contributed by atoms with Gasteiger partial charge in [-0.05, 0) is 38.4 Å². The number of carbonyl (C=O) groups is 4. The van der Waals surface area contributed by atoms with Gasteiger partial charge in [-0.3, -0.25) is 24.1 Å². The molecule has 2 saturated heterocycles. The predicted octanol–water partition coefficient (Wildman–Crippen LogP) is 2.61. The SMILES string of the molecule is CC(C)C[C@H](CC(=O)[C@@H](NC(=O)c1cccc(-c2ccccc2)n1)[C@@H](C)O)B1OC(=O)[C@H]2CSC[C@H](C(=O)O1)N2C. The summed E-state index contributed by atoms with van der Waals surface area (Å²) >= 11 is 1.49. The number of nitrogens with one attached hydrogen (secondary N) is 1. The molecule has 2 N–H and O–H groups in total. The summed E-state index contributed by atoms with van der Waals surface area (Å²) < 4.78 is 11.4. The van der Waals surface area contributed by atoms with Crippen molar-refractivity contribution >= 4 is 42.5 Å². The third-order valence-corrected chi connectivity index (χ3v) is 8.44. The number of fused-ring (bicyclic) bond motifs is 2. The number of carbonyl (C=O) groups excluding carboxylic acids is 4. The fourth-order valence-corrected chi connectivity index (χ4v) is 6.44. The first kappa shape index (κ1) is 30.7. The van der Waals surface area contributed by atoms with Crippen LogP contribution < -0.4 is 5.32 Å². The lowest BCUT2D eigenvalue weighted by Crippen LogP contribution is -2.59. The second-order valence-corrected chi connectivity index (χ2v) is 12.1. The second kappa shape index (κ2) is 13.6. The van der Waals surface area contributed by atoms with E-state index >= 15 is 0 Å². The first-order chi connectivity index (χ1) is 19.5. The molecule has 2 aromatic rings. The van der Waals surface area contributed by atoms with Crippen LogP contribution in [0.15, 0.2) is 48.5 Å². The van der Waals surface area contributed by atoms with Crippen LogP contribution in [0.5, 0.6) is 0 Å². The number of thioether (sulfide) groups is 1. The summed E-state index contributed by atoms with van der Waals surface area (Å²) in [6.07, 6.45) is -0.981. The molecule has 3 heterocycles. The van der Waals surface area contributed by atoms with Crippen LogP contribution in [-0.2, 0) is 23.7 Å². The van der Waals surface area contributed by atoms with Crippen LogP contribution in [0.4, 0.5) is 0 Å². The standard InChI is InChI=1S/C29H36BN3O7S/c1-17(2)13-20(30-39-28(37)23-15-41-16-24(33(23)4)29(38)40-30)14-25(35)26(18(3)34)32-27(36)22-12-8-11-21(31-22)19-9-6-5-7-10-19/h5-12,17-18,20,23-24,26,34H,13-16H2,1-4H3,(H,32,36)/t18-,20-,23-,24-,26+/m1/s1. The van der Waals surface area contributed by atoms with Gasteiger partial charge in [-0.1, -0.05) is 50.2 Å². The van der Waals surface area contributed by atoms with Gasteiger partial charge >= 0.3 is 19.1 Å². The number of likely N-dealkylation sites (N-methyl/N-ethyl adjacent to an activating group) is 1. The molecule has 2 fully saturated rings. The average molecular weight is 582 g/mol. The summed E-state index contributed by atoms with van der Waals surface area (Å²) in [5, 5.41) is 13.1. The van der Waals surface area contributed by atoms with E-state index in [9.17, 15) is 24.3 Å². The quantitative estimate of drug-likeness (QED) is 0.403. The van der Waals surface area contributed by atoms with E-state index in [-0.39, 0.29) is 18.0 Å². The summed E-state index contributed by atoms with van der Waals surface area (Å²) in [7, 11) is 0.450. The van der Waals surface area contributed by atoms with Crippen LogP contribution in [0, 0.1) is 5.92 Å². The molecule has 0 radical (unpaired) electrons. The summed E-state index contributed by atoms with van der Waals surface area (Å²) in [5.41, 5.74) is 1.52. The number of aromatic nitrogens is 1. The fraction of sp³-hybridized carbons (Fsp3) is 0.483. The molecule has 0 aliphatic carbocycles. The summed E-state index contributed by atoms with van der Waals surface area (Å²) in [4.78, 5) is 58.8. The molecule has 12 heteroatoms. The summed E-state index contributed by atoms with van der Waals surface area (Å²) in [5.74, 6) is -1.69. The van der Waals surface area contributed by atoms with Gasteiger partial charge in [-0.25, -0.2) is 4.98 Å². The molecule has 0 spiro atoms. The first-order valence-electron chi connectivity index (χ1n) is 13.8. The van der Waals surface area contributed by atoms with E-state index in [1.165, 1.54) is 24.8 Å². The molecular weight excluding hydrogens is 545 g/mol. The largest absolute Gasteiger partial charge is 0.602 e. The molecule has 1 aromatic carbocycles. The molecule has 0 unspecified atom stereocenters. The molecule has 5 atom stereocenters. The highest BCUT2D eigenvalue weighted by molar-refractivity contribution is 7.99. The van der Waals surface area contributed by atoms with Crippen molar-refractivity contribution in [2.45, 2.75) is 63.7 Å². The van der Waals surface area contributed by atoms with Crippen molar-refractivity contribution < 1.29 is 33.6 Å². The normalized spacial score (nSPS) is 21.7. The average Bonchev–Trinajstić information content (AvgIpc) is 2.94. The highest BCUT2D eigenvalue weighted by Crippen LogP contribution is 2.32. The maximum atomic E-state index is 13.6. The number of nitrogens with zero attached hydrogens (tertiary/aromatic N) is 2. The van der Waals surface area contributed by atoms with Crippen LogP contribution >= 0.6 is 11.8 Å². The number of hydrogen-bond donors (Lipinski definition) is 2. The van der Waals surface area contributed by atoms with Crippen molar-refractivity contribution in [3.8, 4) is 11.3 Å². The minimum absolute atomic E-state index is 0.0814. The number of aliphatic hydroxyl groups is 1. The van der Waals surface area contributed by atoms with E-state index in [2.05, 4.69) is 10.3 Å². The zero-order valence-corrected chi connectivity index (χ0v) is 24.5. The van der Waals surface area contributed by atoms with Gasteiger partial charge in [0, 0.05) is 29.3 Å². The molecule has 2 aliphatic heterocycles. The van der Waals surface area contributed by atoms with E-state index < -0.39 is 60.8 Å². The fourth-order valence-electron chi connectivity index (χ4n) is 5.11. The van der Waals surface area contributed by atoms with Crippen molar-refractivity contribution in [2.75, 3.05) is 18.6 Å². The van der Waals surface area contributed by atoms with Crippen LogP contribution in [0.3, 0.4) is 0 Å². The van der Waals surface area contributed by atoms with Crippen molar-refractivity contribution in [3.05, 3.63) is 54.2 Å². The van der Waals surface area contributed by atoms with Gasteiger partial charge in [0.05, 0.1) is 11.8 Å². The number of amides is 1. The Morgan fingerprint density at radius 3 is 2.27 bits per heavy atom. The van der Waals surface area contributed by atoms with E-state index in [4.69, 9.17) is 9.31 Å². The number of Topliss-reactive ketones (excluding diaryl/α,β-unsaturated/α-hetero) is 1. The lowest BCUT2D eigenvalue weighted by atomic mass is 9.64. The lowest BCUT2D eigenvalue weighted by Gasteiger charge is -2.40. The zero-order valence-electron chi connectivity index (χ0n) is 23.7. The number of benzene rings is 1. The van der Waals surface area contributed by atoms with Gasteiger partial charge in [0.15, 0.2) is 5.78 Å². The minimum atomic E-state index is -1.25. The maximum absolute atomic E-state index is 13.6. The lowest BCUT2D eigenvalue weighted by molar-refractivity contribution is -0.153. The highest BCUT2D eigenvalue weighted by Gasteiger charge is 2.48. The topological polar surface area (TPSA) is 135 Å². The van der Waals surface area contributed by atoms with Crippen LogP contribution in [0.2, 0.25) is 5.82 Å². The predicted molar refractivity (Wildman–Crippen MR) is 156 cm³/mol. The van der Waals surface area contributed by atoms with Gasteiger partial charge in [0.1, 0.15) is 23.8 Å². The van der Waals surface area contributed by atoms with Crippen molar-refractivity contribution in [1.29, 1.82) is 0 Å². The maximum Gasteiger partial charge on any atom is 0.602 e. The summed E-state index contributed by atoms with van der Waals surface area (Å²) in [6.45, 7) is 5.31. The number of pyridine rings is 1. The number of ketones is 1. The van der Waals surface area contributed by atoms with Gasteiger partial charge in [-0.15, -0.1) is 0 Å². The molecule has 1 amide bonds. The van der Waals surface area contributed by atoms with E-state index in [0.717, 1.165) is 5.56 Å². The molecule has 218 valence electrons. The Kier molecular flexibility index (Phi) is 10.2. The summed E-state index contributed by atoms with van der Waals surface area (Å²) in [6, 6.07) is 12.0. The van der Waals surface area contributed by atoms with Gasteiger partial charge in [0.2, 0.25) is 0 Å². The zero-order chi connectivity index (χ0) is 29.7. The Balaban J connectivity index is 1.51. The van der Waals surface area contributed by atoms with E-state index in [1.807, 2.05) is 44.2 Å². The molecule has 4 rings (SSSR count). The van der Waals surface area contributed by atoms with Crippen molar-refractivity contribution in [3.63, 3.8) is 0 Å². The third kappa shape index (κ3) is 7.55.